The third-order valence-electron chi connectivity index (χ3n) is 3.08. The van der Waals surface area contributed by atoms with E-state index in [1.807, 2.05) is 41.1 Å². The smallest absolute Gasteiger partial charge is 0.250 e. The van der Waals surface area contributed by atoms with Crippen molar-refractivity contribution in [3.8, 4) is 0 Å². The van der Waals surface area contributed by atoms with E-state index in [4.69, 9.17) is 0 Å². The molecule has 0 aliphatic carbocycles. The molecule has 1 aromatic carbocycles. The molecule has 3 rings (SSSR count). The summed E-state index contributed by atoms with van der Waals surface area (Å²) in [7, 11) is -3.37. The fourth-order valence-electron chi connectivity index (χ4n) is 2.12. The zero-order valence-electron chi connectivity index (χ0n) is 10.7. The quantitative estimate of drug-likeness (QED) is 0.788. The van der Waals surface area contributed by atoms with Gasteiger partial charge in [0, 0.05) is 24.8 Å². The number of rotatable bonds is 5. The summed E-state index contributed by atoms with van der Waals surface area (Å²) in [4.78, 5) is 0. The van der Waals surface area contributed by atoms with Gasteiger partial charge < -0.3 is 4.57 Å². The second kappa shape index (κ2) is 5.40. The van der Waals surface area contributed by atoms with Gasteiger partial charge in [-0.05, 0) is 29.0 Å². The van der Waals surface area contributed by atoms with E-state index in [1.54, 1.807) is 17.5 Å². The molecule has 0 aliphatic heterocycles. The lowest BCUT2D eigenvalue weighted by Crippen LogP contribution is -2.26. The van der Waals surface area contributed by atoms with Gasteiger partial charge in [0.05, 0.1) is 0 Å². The number of sulfonamides is 1. The largest absolute Gasteiger partial charge is 0.346 e. The average molecular weight is 306 g/mol. The number of hydrogen-bond donors (Lipinski definition) is 1. The van der Waals surface area contributed by atoms with Gasteiger partial charge in [0.2, 0.25) is 10.0 Å². The summed E-state index contributed by atoms with van der Waals surface area (Å²) in [6.45, 7) is 0.983. The summed E-state index contributed by atoms with van der Waals surface area (Å²) >= 11 is 1.22. The fraction of sp³-hybridized carbons (Fsp3) is 0.143. The molecule has 0 aliphatic rings. The number of fused-ring (bicyclic) bond motifs is 1. The molecule has 0 saturated heterocycles. The Morgan fingerprint density at radius 1 is 1.10 bits per heavy atom. The molecule has 0 unspecified atom stereocenters. The predicted molar refractivity (Wildman–Crippen MR) is 81.4 cm³/mol. The van der Waals surface area contributed by atoms with Crippen LogP contribution in [0.2, 0.25) is 0 Å². The number of nitrogens with zero attached hydrogens (tertiary/aromatic N) is 1. The van der Waals surface area contributed by atoms with Gasteiger partial charge >= 0.3 is 0 Å². The Bertz CT molecular complexity index is 805. The van der Waals surface area contributed by atoms with Crippen molar-refractivity contribution in [2.75, 3.05) is 6.54 Å². The van der Waals surface area contributed by atoms with E-state index >= 15 is 0 Å². The lowest BCUT2D eigenvalue weighted by Gasteiger charge is -2.07. The van der Waals surface area contributed by atoms with Crippen LogP contribution < -0.4 is 4.72 Å². The number of benzene rings is 1. The fourth-order valence-corrected chi connectivity index (χ4v) is 4.18. The summed E-state index contributed by atoms with van der Waals surface area (Å²) < 4.78 is 29.0. The maximum absolute atomic E-state index is 12.0. The Morgan fingerprint density at radius 2 is 1.95 bits per heavy atom. The molecule has 20 heavy (non-hydrogen) atoms. The monoisotopic (exact) mass is 306 g/mol. The van der Waals surface area contributed by atoms with E-state index in [2.05, 4.69) is 4.72 Å². The molecular weight excluding hydrogens is 292 g/mol. The molecule has 1 N–H and O–H groups in total. The number of aromatic nitrogens is 1. The molecule has 0 amide bonds. The molecule has 0 bridgehead atoms. The second-order valence-electron chi connectivity index (χ2n) is 4.40. The highest BCUT2D eigenvalue weighted by molar-refractivity contribution is 7.91. The Hall–Kier alpha value is -1.63. The number of thiophene rings is 1. The molecule has 0 atom stereocenters. The van der Waals surface area contributed by atoms with Crippen molar-refractivity contribution in [3.63, 3.8) is 0 Å². The Labute approximate surface area is 121 Å². The van der Waals surface area contributed by atoms with Crippen LogP contribution in [0.3, 0.4) is 0 Å². The highest BCUT2D eigenvalue weighted by Gasteiger charge is 2.14. The lowest BCUT2D eigenvalue weighted by atomic mass is 10.2. The van der Waals surface area contributed by atoms with Crippen molar-refractivity contribution in [2.24, 2.45) is 0 Å². The number of hydrogen-bond acceptors (Lipinski definition) is 3. The van der Waals surface area contributed by atoms with Gasteiger partial charge in [0.15, 0.2) is 0 Å². The number of nitrogens with one attached hydrogen (secondary N) is 1. The van der Waals surface area contributed by atoms with Crippen LogP contribution in [-0.4, -0.2) is 19.5 Å². The normalized spacial score (nSPS) is 12.0. The average Bonchev–Trinajstić information content (AvgIpc) is 3.08. The standard InChI is InChI=1S/C14H14N2O2S2/c17-20(18,14-6-3-11-19-14)15-8-10-16-9-7-12-4-1-2-5-13(12)16/h1-7,9,11,15H,8,10H2. The summed E-state index contributed by atoms with van der Waals surface area (Å²) in [5.74, 6) is 0. The van der Waals surface area contributed by atoms with Crippen molar-refractivity contribution in [3.05, 3.63) is 54.0 Å². The first-order valence-corrected chi connectivity index (χ1v) is 8.60. The van der Waals surface area contributed by atoms with Gasteiger partial charge in [0.25, 0.3) is 0 Å². The highest BCUT2D eigenvalue weighted by Crippen LogP contribution is 2.16. The van der Waals surface area contributed by atoms with Crippen molar-refractivity contribution in [1.29, 1.82) is 0 Å². The van der Waals surface area contributed by atoms with Crippen LogP contribution in [0.5, 0.6) is 0 Å². The Morgan fingerprint density at radius 3 is 2.75 bits per heavy atom. The van der Waals surface area contributed by atoms with Crippen LogP contribution in [-0.2, 0) is 16.6 Å². The predicted octanol–water partition coefficient (Wildman–Crippen LogP) is 2.68. The van der Waals surface area contributed by atoms with E-state index < -0.39 is 10.0 Å². The molecule has 0 spiro atoms. The molecule has 104 valence electrons. The minimum atomic E-state index is -3.37. The van der Waals surface area contributed by atoms with Crippen molar-refractivity contribution in [1.82, 2.24) is 9.29 Å². The van der Waals surface area contributed by atoms with Gasteiger partial charge in [-0.3, -0.25) is 0 Å². The summed E-state index contributed by atoms with van der Waals surface area (Å²) in [5, 5.41) is 2.92. The van der Waals surface area contributed by atoms with E-state index in [9.17, 15) is 8.42 Å². The zero-order valence-corrected chi connectivity index (χ0v) is 12.3. The maximum Gasteiger partial charge on any atom is 0.250 e. The molecule has 0 saturated carbocycles. The molecule has 4 nitrogen and oxygen atoms in total. The SMILES string of the molecule is O=S(=O)(NCCn1ccc2ccccc21)c1cccs1. The Kier molecular flexibility index (Phi) is 3.60. The minimum absolute atomic E-state index is 0.356. The third-order valence-corrected chi connectivity index (χ3v) is 5.94. The molecular formula is C14H14N2O2S2. The molecule has 0 radical (unpaired) electrons. The molecule has 2 aromatic heterocycles. The highest BCUT2D eigenvalue weighted by atomic mass is 32.2. The first-order valence-electron chi connectivity index (χ1n) is 6.24. The van der Waals surface area contributed by atoms with E-state index in [0.717, 1.165) is 10.9 Å². The van der Waals surface area contributed by atoms with Crippen LogP contribution in [0.15, 0.2) is 58.3 Å². The number of para-hydroxylation sites is 1. The van der Waals surface area contributed by atoms with E-state index in [-0.39, 0.29) is 0 Å². The van der Waals surface area contributed by atoms with Crippen LogP contribution in [0.1, 0.15) is 0 Å². The first kappa shape index (κ1) is 13.4. The van der Waals surface area contributed by atoms with Crippen LogP contribution in [0.25, 0.3) is 10.9 Å². The third kappa shape index (κ3) is 2.63. The van der Waals surface area contributed by atoms with Crippen molar-refractivity contribution >= 4 is 32.3 Å². The van der Waals surface area contributed by atoms with E-state index in [0.29, 0.717) is 17.3 Å². The summed E-state index contributed by atoms with van der Waals surface area (Å²) in [6.07, 6.45) is 1.98. The van der Waals surface area contributed by atoms with Crippen molar-refractivity contribution < 1.29 is 8.42 Å². The van der Waals surface area contributed by atoms with Gasteiger partial charge in [-0.2, -0.15) is 0 Å². The van der Waals surface area contributed by atoms with Gasteiger partial charge in [-0.25, -0.2) is 13.1 Å². The lowest BCUT2D eigenvalue weighted by molar-refractivity contribution is 0.576. The van der Waals surface area contributed by atoms with Crippen molar-refractivity contribution in [2.45, 2.75) is 10.8 Å². The summed E-state index contributed by atoms with van der Waals surface area (Å²) in [5.41, 5.74) is 1.11. The van der Waals surface area contributed by atoms with Gasteiger partial charge in [0.1, 0.15) is 4.21 Å². The maximum atomic E-state index is 12.0. The second-order valence-corrected chi connectivity index (χ2v) is 7.34. The molecule has 2 heterocycles. The first-order chi connectivity index (χ1) is 9.67. The molecule has 6 heteroatoms. The summed E-state index contributed by atoms with van der Waals surface area (Å²) in [6, 6.07) is 13.4. The minimum Gasteiger partial charge on any atom is -0.346 e. The van der Waals surface area contributed by atoms with Crippen LogP contribution in [0.4, 0.5) is 0 Å². The molecule has 0 fully saturated rings. The molecule has 3 aromatic rings. The van der Waals surface area contributed by atoms with Gasteiger partial charge in [-0.1, -0.05) is 24.3 Å². The van der Waals surface area contributed by atoms with Crippen LogP contribution >= 0.6 is 11.3 Å². The Balaban J connectivity index is 1.69. The van der Waals surface area contributed by atoms with E-state index in [1.165, 1.54) is 11.3 Å². The zero-order chi connectivity index (χ0) is 14.0. The van der Waals surface area contributed by atoms with Crippen LogP contribution in [0, 0.1) is 0 Å². The topological polar surface area (TPSA) is 51.1 Å². The van der Waals surface area contributed by atoms with Gasteiger partial charge in [-0.15, -0.1) is 11.3 Å².